The first-order valence-corrected chi connectivity index (χ1v) is 13.9. The molecule has 1 fully saturated rings. The molecule has 6 rings (SSSR count). The van der Waals surface area contributed by atoms with Gasteiger partial charge in [0, 0.05) is 48.4 Å². The first-order chi connectivity index (χ1) is 20.7. The Balaban J connectivity index is 1.20. The van der Waals surface area contributed by atoms with Gasteiger partial charge in [-0.05, 0) is 36.8 Å². The number of fused-ring (bicyclic) bond motifs is 1. The smallest absolute Gasteiger partial charge is 0.162 e. The normalized spacial score (nSPS) is 13.7. The number of anilines is 2. The number of nitrogens with zero attached hydrogens (tertiary/aromatic N) is 6. The Labute approximate surface area is 244 Å². The zero-order valence-electron chi connectivity index (χ0n) is 23.7. The maximum atomic E-state index is 6.17. The second kappa shape index (κ2) is 12.8. The molecule has 3 aromatic carbocycles. The summed E-state index contributed by atoms with van der Waals surface area (Å²) in [4.78, 5) is 11.4. The minimum absolute atomic E-state index is 0.578. The van der Waals surface area contributed by atoms with Crippen molar-refractivity contribution in [1.29, 1.82) is 0 Å². The molecule has 0 radical (unpaired) electrons. The Kier molecular flexibility index (Phi) is 8.38. The lowest BCUT2D eigenvalue weighted by Gasteiger charge is -2.26. The van der Waals surface area contributed by atoms with Crippen molar-refractivity contribution in [2.75, 3.05) is 59.0 Å². The van der Waals surface area contributed by atoms with Crippen LogP contribution in [0.1, 0.15) is 6.42 Å². The molecule has 5 aromatic rings. The van der Waals surface area contributed by atoms with Crippen molar-refractivity contribution in [3.63, 3.8) is 0 Å². The van der Waals surface area contributed by atoms with Crippen molar-refractivity contribution in [2.45, 2.75) is 6.42 Å². The Bertz CT molecular complexity index is 1650. The van der Waals surface area contributed by atoms with Gasteiger partial charge in [-0.25, -0.2) is 14.6 Å². The largest absolute Gasteiger partial charge is 0.497 e. The van der Waals surface area contributed by atoms with E-state index in [1.165, 1.54) is 6.33 Å². The van der Waals surface area contributed by atoms with E-state index in [0.29, 0.717) is 23.9 Å². The van der Waals surface area contributed by atoms with Gasteiger partial charge < -0.3 is 24.3 Å². The Morgan fingerprint density at radius 3 is 2.67 bits per heavy atom. The van der Waals surface area contributed by atoms with Crippen LogP contribution in [-0.4, -0.2) is 83.5 Å². The van der Waals surface area contributed by atoms with Gasteiger partial charge in [0.25, 0.3) is 0 Å². The number of benzene rings is 3. The zero-order valence-corrected chi connectivity index (χ0v) is 23.7. The molecule has 0 unspecified atom stereocenters. The molecule has 3 heterocycles. The van der Waals surface area contributed by atoms with Crippen LogP contribution in [-0.2, 0) is 4.74 Å². The molecule has 0 saturated carbocycles. The third kappa shape index (κ3) is 6.27. The SMILES string of the molecule is COc1cccc(-n2cc(-c3cccc(Nc4ncnc5cc(OC)c(OCCCN6CCOCC6)cc45)c3)nn2)c1. The molecule has 1 saturated heterocycles. The van der Waals surface area contributed by atoms with Crippen molar-refractivity contribution in [3.05, 3.63) is 73.2 Å². The third-order valence-electron chi connectivity index (χ3n) is 7.13. The number of hydrogen-bond acceptors (Lipinski definition) is 10. The number of morpholine rings is 1. The van der Waals surface area contributed by atoms with Crippen LogP contribution in [0, 0.1) is 0 Å². The molecular weight excluding hydrogens is 534 g/mol. The van der Waals surface area contributed by atoms with Crippen LogP contribution in [0.2, 0.25) is 0 Å². The van der Waals surface area contributed by atoms with Crippen LogP contribution >= 0.6 is 0 Å². The fourth-order valence-corrected chi connectivity index (χ4v) is 4.90. The highest BCUT2D eigenvalue weighted by Gasteiger charge is 2.14. The molecule has 42 heavy (non-hydrogen) atoms. The third-order valence-corrected chi connectivity index (χ3v) is 7.13. The highest BCUT2D eigenvalue weighted by atomic mass is 16.5. The van der Waals surface area contributed by atoms with Crippen LogP contribution < -0.4 is 19.5 Å². The van der Waals surface area contributed by atoms with E-state index in [9.17, 15) is 0 Å². The fraction of sp³-hybridized carbons (Fsp3) is 0.290. The molecule has 1 aliphatic heterocycles. The van der Waals surface area contributed by atoms with Gasteiger partial charge in [0.1, 0.15) is 23.6 Å². The van der Waals surface area contributed by atoms with Crippen LogP contribution in [0.25, 0.3) is 27.8 Å². The zero-order chi connectivity index (χ0) is 28.7. The van der Waals surface area contributed by atoms with Crippen LogP contribution in [0.5, 0.6) is 17.2 Å². The van der Waals surface area contributed by atoms with Crippen molar-refractivity contribution in [2.24, 2.45) is 0 Å². The average Bonchev–Trinajstić information content (AvgIpc) is 3.54. The second-order valence-electron chi connectivity index (χ2n) is 9.85. The van der Waals surface area contributed by atoms with E-state index < -0.39 is 0 Å². The monoisotopic (exact) mass is 567 g/mol. The summed E-state index contributed by atoms with van der Waals surface area (Å²) in [5.41, 5.74) is 4.13. The molecule has 0 amide bonds. The number of ether oxygens (including phenoxy) is 4. The van der Waals surface area contributed by atoms with E-state index in [4.69, 9.17) is 18.9 Å². The quantitative estimate of drug-likeness (QED) is 0.225. The minimum atomic E-state index is 0.578. The number of rotatable bonds is 11. The van der Waals surface area contributed by atoms with Gasteiger partial charge in [-0.3, -0.25) is 4.90 Å². The van der Waals surface area contributed by atoms with E-state index in [0.717, 1.165) is 78.6 Å². The summed E-state index contributed by atoms with van der Waals surface area (Å²) in [5, 5.41) is 13.0. The van der Waals surface area contributed by atoms with Crippen molar-refractivity contribution in [1.82, 2.24) is 29.9 Å². The fourth-order valence-electron chi connectivity index (χ4n) is 4.90. The first-order valence-electron chi connectivity index (χ1n) is 13.9. The maximum Gasteiger partial charge on any atom is 0.162 e. The molecule has 216 valence electrons. The lowest BCUT2D eigenvalue weighted by atomic mass is 10.1. The van der Waals surface area contributed by atoms with Gasteiger partial charge in [0.15, 0.2) is 11.5 Å². The maximum absolute atomic E-state index is 6.17. The molecule has 1 N–H and O–H groups in total. The molecule has 0 bridgehead atoms. The molecule has 0 spiro atoms. The molecule has 1 aliphatic rings. The lowest BCUT2D eigenvalue weighted by molar-refractivity contribution is 0.0357. The van der Waals surface area contributed by atoms with Gasteiger partial charge >= 0.3 is 0 Å². The molecule has 0 atom stereocenters. The number of methoxy groups -OCH3 is 2. The summed E-state index contributed by atoms with van der Waals surface area (Å²) in [6.07, 6.45) is 4.34. The van der Waals surface area contributed by atoms with Crippen molar-refractivity contribution in [3.8, 4) is 34.2 Å². The number of hydrogen-bond donors (Lipinski definition) is 1. The Hall–Kier alpha value is -4.74. The topological polar surface area (TPSA) is 109 Å². The van der Waals surface area contributed by atoms with Gasteiger partial charge in [0.2, 0.25) is 0 Å². The summed E-state index contributed by atoms with van der Waals surface area (Å²) in [6, 6.07) is 19.5. The predicted octanol–water partition coefficient (Wildman–Crippen LogP) is 4.74. The Morgan fingerprint density at radius 1 is 0.929 bits per heavy atom. The second-order valence-corrected chi connectivity index (χ2v) is 9.85. The number of aromatic nitrogens is 5. The van der Waals surface area contributed by atoms with Gasteiger partial charge in [-0.15, -0.1) is 5.10 Å². The molecule has 2 aromatic heterocycles. The van der Waals surface area contributed by atoms with E-state index >= 15 is 0 Å². The summed E-state index contributed by atoms with van der Waals surface area (Å²) >= 11 is 0. The summed E-state index contributed by atoms with van der Waals surface area (Å²) in [7, 11) is 3.28. The predicted molar refractivity (Wildman–Crippen MR) is 160 cm³/mol. The van der Waals surface area contributed by atoms with Crippen molar-refractivity contribution >= 4 is 22.4 Å². The molecule has 0 aliphatic carbocycles. The summed E-state index contributed by atoms with van der Waals surface area (Å²) in [6.45, 7) is 5.07. The van der Waals surface area contributed by atoms with Crippen LogP contribution in [0.15, 0.2) is 73.2 Å². The summed E-state index contributed by atoms with van der Waals surface area (Å²) in [5.74, 6) is 2.72. The first kappa shape index (κ1) is 27.4. The molecule has 11 heteroatoms. The number of nitrogens with one attached hydrogen (secondary N) is 1. The van der Waals surface area contributed by atoms with Crippen LogP contribution in [0.4, 0.5) is 11.5 Å². The lowest BCUT2D eigenvalue weighted by Crippen LogP contribution is -2.37. The van der Waals surface area contributed by atoms with E-state index in [1.807, 2.05) is 66.9 Å². The molecular formula is C31H33N7O4. The molecule has 11 nitrogen and oxygen atoms in total. The van der Waals surface area contributed by atoms with E-state index in [-0.39, 0.29) is 0 Å². The van der Waals surface area contributed by atoms with Crippen molar-refractivity contribution < 1.29 is 18.9 Å². The standard InChI is InChI=1S/C31H33N7O4/c1-39-25-9-4-8-24(17-25)38-20-28(35-36-38)22-6-3-7-23(16-22)34-31-26-18-30(29(40-2)19-27(26)32-21-33-31)42-13-5-10-37-11-14-41-15-12-37/h3-4,6-9,16-21H,5,10-15H2,1-2H3,(H,32,33,34). The van der Waals surface area contributed by atoms with Gasteiger partial charge in [-0.2, -0.15) is 0 Å². The van der Waals surface area contributed by atoms with Gasteiger partial charge in [0.05, 0.1) is 51.4 Å². The van der Waals surface area contributed by atoms with Crippen LogP contribution in [0.3, 0.4) is 0 Å². The van der Waals surface area contributed by atoms with E-state index in [2.05, 4.69) is 30.5 Å². The Morgan fingerprint density at radius 2 is 1.81 bits per heavy atom. The van der Waals surface area contributed by atoms with Gasteiger partial charge in [-0.1, -0.05) is 23.4 Å². The highest BCUT2D eigenvalue weighted by Crippen LogP contribution is 2.35. The highest BCUT2D eigenvalue weighted by molar-refractivity contribution is 5.93. The average molecular weight is 568 g/mol. The minimum Gasteiger partial charge on any atom is -0.497 e. The van der Waals surface area contributed by atoms with E-state index in [1.54, 1.807) is 18.9 Å². The summed E-state index contributed by atoms with van der Waals surface area (Å²) < 4.78 is 24.3.